The van der Waals surface area contributed by atoms with Gasteiger partial charge in [-0.3, -0.25) is 9.59 Å². The average molecular weight is 409 g/mol. The van der Waals surface area contributed by atoms with Crippen LogP contribution in [-0.4, -0.2) is 23.7 Å². The molecule has 0 aromatic heterocycles. The molecule has 168 valence electrons. The highest BCUT2D eigenvalue weighted by molar-refractivity contribution is 5.81. The Morgan fingerprint density at radius 3 is 2.38 bits per heavy atom. The minimum absolute atomic E-state index is 0.0347. The van der Waals surface area contributed by atoms with Crippen molar-refractivity contribution in [3.63, 3.8) is 0 Å². The third-order valence-electron chi connectivity index (χ3n) is 7.90. The van der Waals surface area contributed by atoms with E-state index in [1.807, 2.05) is 6.92 Å². The Balaban J connectivity index is 2.08. The van der Waals surface area contributed by atoms with Gasteiger partial charge in [0.15, 0.2) is 0 Å². The van der Waals surface area contributed by atoms with Crippen molar-refractivity contribution in [1.29, 1.82) is 0 Å². The Hall–Kier alpha value is -1.06. The number of aliphatic carboxylic acids is 1. The molecule has 0 amide bonds. The molecule has 6 atom stereocenters. The molecule has 0 heterocycles. The summed E-state index contributed by atoms with van der Waals surface area (Å²) in [5, 5.41) is 9.64. The quantitative estimate of drug-likeness (QED) is 0.377. The fourth-order valence-electron chi connectivity index (χ4n) is 6.79. The van der Waals surface area contributed by atoms with Crippen molar-refractivity contribution in [2.75, 3.05) is 6.61 Å². The SMILES string of the molecule is CCCCCC1(C)CC(C)(C)CC(C)C1COC(=O)C1CCCC(C)C1C(=O)O. The summed E-state index contributed by atoms with van der Waals surface area (Å²) in [5.74, 6) is -1.34. The Morgan fingerprint density at radius 2 is 1.76 bits per heavy atom. The molecule has 2 aliphatic carbocycles. The van der Waals surface area contributed by atoms with E-state index in [1.165, 1.54) is 25.7 Å². The van der Waals surface area contributed by atoms with Crippen molar-refractivity contribution in [3.05, 3.63) is 0 Å². The molecule has 2 aliphatic rings. The fourth-order valence-corrected chi connectivity index (χ4v) is 6.79. The van der Waals surface area contributed by atoms with E-state index >= 15 is 0 Å². The van der Waals surface area contributed by atoms with Gasteiger partial charge >= 0.3 is 11.9 Å². The minimum Gasteiger partial charge on any atom is -0.481 e. The predicted molar refractivity (Wildman–Crippen MR) is 117 cm³/mol. The maximum absolute atomic E-state index is 12.9. The summed E-state index contributed by atoms with van der Waals surface area (Å²) < 4.78 is 5.89. The molecule has 29 heavy (non-hydrogen) atoms. The van der Waals surface area contributed by atoms with Gasteiger partial charge in [-0.05, 0) is 54.8 Å². The molecule has 0 aromatic rings. The van der Waals surface area contributed by atoms with E-state index in [0.29, 0.717) is 30.3 Å². The van der Waals surface area contributed by atoms with E-state index in [1.54, 1.807) is 0 Å². The first-order chi connectivity index (χ1) is 13.5. The summed E-state index contributed by atoms with van der Waals surface area (Å²) in [5.41, 5.74) is 0.483. The summed E-state index contributed by atoms with van der Waals surface area (Å²) in [6.07, 6.45) is 9.60. The topological polar surface area (TPSA) is 63.6 Å². The zero-order chi connectivity index (χ0) is 21.8. The van der Waals surface area contributed by atoms with Gasteiger partial charge in [0.25, 0.3) is 0 Å². The van der Waals surface area contributed by atoms with Crippen LogP contribution in [0.2, 0.25) is 0 Å². The highest BCUT2D eigenvalue weighted by Gasteiger charge is 2.48. The highest BCUT2D eigenvalue weighted by atomic mass is 16.5. The second kappa shape index (κ2) is 9.83. The second-order valence-corrected chi connectivity index (χ2v) is 11.2. The maximum Gasteiger partial charge on any atom is 0.309 e. The van der Waals surface area contributed by atoms with Crippen LogP contribution < -0.4 is 0 Å². The van der Waals surface area contributed by atoms with E-state index in [-0.39, 0.29) is 17.3 Å². The van der Waals surface area contributed by atoms with E-state index in [2.05, 4.69) is 34.6 Å². The first-order valence-corrected chi connectivity index (χ1v) is 11.9. The van der Waals surface area contributed by atoms with Gasteiger partial charge in [-0.15, -0.1) is 0 Å². The van der Waals surface area contributed by atoms with E-state index in [4.69, 9.17) is 4.74 Å². The second-order valence-electron chi connectivity index (χ2n) is 11.2. The molecule has 4 nitrogen and oxygen atoms in total. The first kappa shape index (κ1) is 24.2. The third kappa shape index (κ3) is 5.98. The van der Waals surface area contributed by atoms with Crippen LogP contribution in [0.5, 0.6) is 0 Å². The molecule has 0 aliphatic heterocycles. The summed E-state index contributed by atoms with van der Waals surface area (Å²) >= 11 is 0. The predicted octanol–water partition coefficient (Wildman–Crippen LogP) is 6.33. The molecule has 0 saturated heterocycles. The van der Waals surface area contributed by atoms with Crippen molar-refractivity contribution >= 4 is 11.9 Å². The van der Waals surface area contributed by atoms with Crippen molar-refractivity contribution in [2.45, 2.75) is 99.3 Å². The van der Waals surface area contributed by atoms with Crippen LogP contribution in [0.3, 0.4) is 0 Å². The van der Waals surface area contributed by atoms with E-state index in [0.717, 1.165) is 25.7 Å². The molecule has 0 spiro atoms. The lowest BCUT2D eigenvalue weighted by atomic mass is 9.54. The Labute approximate surface area is 178 Å². The number of esters is 1. The van der Waals surface area contributed by atoms with E-state index in [9.17, 15) is 14.7 Å². The van der Waals surface area contributed by atoms with Gasteiger partial charge in [0.2, 0.25) is 0 Å². The zero-order valence-electron chi connectivity index (χ0n) is 19.6. The van der Waals surface area contributed by atoms with E-state index < -0.39 is 17.8 Å². The highest BCUT2D eigenvalue weighted by Crippen LogP contribution is 2.54. The number of carbonyl (C=O) groups excluding carboxylic acids is 1. The number of carboxylic acids is 1. The normalized spacial score (nSPS) is 37.1. The molecule has 1 N–H and O–H groups in total. The van der Waals surface area contributed by atoms with Crippen LogP contribution in [0.25, 0.3) is 0 Å². The maximum atomic E-state index is 12.9. The average Bonchev–Trinajstić information content (AvgIpc) is 2.59. The molecule has 2 rings (SSSR count). The number of hydrogen-bond donors (Lipinski definition) is 1. The smallest absolute Gasteiger partial charge is 0.309 e. The summed E-state index contributed by atoms with van der Waals surface area (Å²) in [7, 11) is 0. The number of carbonyl (C=O) groups is 2. The number of hydrogen-bond acceptors (Lipinski definition) is 3. The summed E-state index contributed by atoms with van der Waals surface area (Å²) in [4.78, 5) is 24.7. The van der Waals surface area contributed by atoms with Gasteiger partial charge in [0, 0.05) is 5.92 Å². The number of rotatable bonds is 8. The Bertz CT molecular complexity index is 569. The molecule has 6 unspecified atom stereocenters. The van der Waals surface area contributed by atoms with Crippen LogP contribution in [0.15, 0.2) is 0 Å². The summed E-state index contributed by atoms with van der Waals surface area (Å²) in [6.45, 7) is 14.1. The van der Waals surface area contributed by atoms with Crippen LogP contribution in [0, 0.1) is 40.4 Å². The Morgan fingerprint density at radius 1 is 1.07 bits per heavy atom. The fraction of sp³-hybridized carbons (Fsp3) is 0.920. The van der Waals surface area contributed by atoms with Gasteiger partial charge < -0.3 is 9.84 Å². The largest absolute Gasteiger partial charge is 0.481 e. The van der Waals surface area contributed by atoms with Crippen LogP contribution in [-0.2, 0) is 14.3 Å². The number of ether oxygens (including phenoxy) is 1. The van der Waals surface area contributed by atoms with Crippen molar-refractivity contribution in [2.24, 2.45) is 40.4 Å². The van der Waals surface area contributed by atoms with Crippen LogP contribution >= 0.6 is 0 Å². The molecule has 0 bridgehead atoms. The van der Waals surface area contributed by atoms with Crippen LogP contribution in [0.4, 0.5) is 0 Å². The lowest BCUT2D eigenvalue weighted by Crippen LogP contribution is -2.46. The molecule has 2 saturated carbocycles. The van der Waals surface area contributed by atoms with Crippen molar-refractivity contribution < 1.29 is 19.4 Å². The van der Waals surface area contributed by atoms with Gasteiger partial charge in [-0.2, -0.15) is 0 Å². The van der Waals surface area contributed by atoms with Gasteiger partial charge in [0.05, 0.1) is 18.4 Å². The lowest BCUT2D eigenvalue weighted by molar-refractivity contribution is -0.166. The molecule has 0 aromatic carbocycles. The third-order valence-corrected chi connectivity index (χ3v) is 7.90. The van der Waals surface area contributed by atoms with Gasteiger partial charge in [-0.1, -0.05) is 67.2 Å². The standard InChI is InChI=1S/C25H44O4/c1-7-8-9-13-25(6)16-24(4,5)14-18(3)20(25)15-29-23(28)19-12-10-11-17(2)21(19)22(26)27/h17-21H,7-16H2,1-6H3,(H,26,27). The molecular formula is C25H44O4. The summed E-state index contributed by atoms with van der Waals surface area (Å²) in [6, 6.07) is 0. The van der Waals surface area contributed by atoms with Gasteiger partial charge in [-0.25, -0.2) is 0 Å². The van der Waals surface area contributed by atoms with Gasteiger partial charge in [0.1, 0.15) is 0 Å². The lowest BCUT2D eigenvalue weighted by Gasteiger charge is -2.52. The number of carboxylic acid groups (broad SMARTS) is 1. The molecular weight excluding hydrogens is 364 g/mol. The van der Waals surface area contributed by atoms with Crippen molar-refractivity contribution in [1.82, 2.24) is 0 Å². The molecule has 4 heteroatoms. The number of unbranched alkanes of at least 4 members (excludes halogenated alkanes) is 2. The molecule has 0 radical (unpaired) electrons. The van der Waals surface area contributed by atoms with Crippen molar-refractivity contribution in [3.8, 4) is 0 Å². The Kier molecular flexibility index (Phi) is 8.21. The minimum atomic E-state index is -0.851. The molecule has 2 fully saturated rings. The van der Waals surface area contributed by atoms with Crippen LogP contribution in [0.1, 0.15) is 99.3 Å². The zero-order valence-corrected chi connectivity index (χ0v) is 19.6. The monoisotopic (exact) mass is 408 g/mol. The first-order valence-electron chi connectivity index (χ1n) is 11.9.